The van der Waals surface area contributed by atoms with Crippen molar-refractivity contribution in [1.82, 2.24) is 14.5 Å². The Labute approximate surface area is 173 Å². The molecule has 1 aromatic heterocycles. The van der Waals surface area contributed by atoms with Crippen molar-refractivity contribution >= 4 is 33.7 Å². The van der Waals surface area contributed by atoms with E-state index in [1.165, 1.54) is 26.2 Å². The first kappa shape index (κ1) is 21.0. The first-order valence-corrected chi connectivity index (χ1v) is 11.1. The number of thioether (sulfide) groups is 1. The number of nitrogens with one attached hydrogen (secondary N) is 1. The number of carbonyl (C=O) groups excluding carboxylic acids is 1. The van der Waals surface area contributed by atoms with Crippen molar-refractivity contribution < 1.29 is 17.6 Å². The summed E-state index contributed by atoms with van der Waals surface area (Å²) in [6.45, 7) is 0. The standard InChI is InChI=1S/C19H20N4O4S2/c1-23(2)29(25,26)16-10-8-14(9-11-16)18-21-22-19(27-18)20-17(24)12-13-28-15-6-4-3-5-7-15/h3-11H,12-13H2,1-2H3,(H,20,22,24). The van der Waals surface area contributed by atoms with E-state index in [1.807, 2.05) is 30.3 Å². The normalized spacial score (nSPS) is 11.6. The second-order valence-electron chi connectivity index (χ2n) is 6.18. The van der Waals surface area contributed by atoms with Crippen LogP contribution in [0.15, 0.2) is 68.8 Å². The fourth-order valence-electron chi connectivity index (χ4n) is 2.33. The molecule has 152 valence electrons. The number of hydrogen-bond acceptors (Lipinski definition) is 7. The quantitative estimate of drug-likeness (QED) is 0.545. The van der Waals surface area contributed by atoms with Crippen molar-refractivity contribution in [3.8, 4) is 11.5 Å². The zero-order valence-corrected chi connectivity index (χ0v) is 17.5. The second kappa shape index (κ2) is 9.21. The fraction of sp³-hybridized carbons (Fsp3) is 0.211. The maximum absolute atomic E-state index is 12.1. The lowest BCUT2D eigenvalue weighted by Crippen LogP contribution is -2.22. The molecule has 1 amide bonds. The van der Waals surface area contributed by atoms with Crippen LogP contribution in [0.25, 0.3) is 11.5 Å². The van der Waals surface area contributed by atoms with Crippen LogP contribution in [0.1, 0.15) is 6.42 Å². The van der Waals surface area contributed by atoms with Crippen molar-refractivity contribution in [1.29, 1.82) is 0 Å². The molecule has 0 saturated carbocycles. The summed E-state index contributed by atoms with van der Waals surface area (Å²) < 4.78 is 30.8. The van der Waals surface area contributed by atoms with Gasteiger partial charge >= 0.3 is 6.01 Å². The Morgan fingerprint density at radius 3 is 2.41 bits per heavy atom. The zero-order chi connectivity index (χ0) is 20.9. The Balaban J connectivity index is 1.57. The molecule has 0 atom stereocenters. The number of aromatic nitrogens is 2. The predicted octanol–water partition coefficient (Wildman–Crippen LogP) is 3.11. The summed E-state index contributed by atoms with van der Waals surface area (Å²) >= 11 is 1.59. The van der Waals surface area contributed by atoms with Gasteiger partial charge in [0.05, 0.1) is 4.90 Å². The predicted molar refractivity (Wildman–Crippen MR) is 111 cm³/mol. The molecule has 3 aromatic rings. The summed E-state index contributed by atoms with van der Waals surface area (Å²) in [6, 6.07) is 15.9. The van der Waals surface area contributed by atoms with Crippen molar-refractivity contribution in [2.75, 3.05) is 25.2 Å². The van der Waals surface area contributed by atoms with E-state index < -0.39 is 10.0 Å². The summed E-state index contributed by atoms with van der Waals surface area (Å²) in [6.07, 6.45) is 0.300. The third-order valence-corrected chi connectivity index (χ3v) is 6.74. The van der Waals surface area contributed by atoms with Gasteiger partial charge in [0.2, 0.25) is 21.8 Å². The molecule has 0 fully saturated rings. The van der Waals surface area contributed by atoms with Crippen LogP contribution in [0.2, 0.25) is 0 Å². The summed E-state index contributed by atoms with van der Waals surface area (Å²) in [5.41, 5.74) is 0.551. The lowest BCUT2D eigenvalue weighted by atomic mass is 10.2. The molecule has 8 nitrogen and oxygen atoms in total. The Kier molecular flexibility index (Phi) is 6.68. The van der Waals surface area contributed by atoms with Crippen LogP contribution in [0.5, 0.6) is 0 Å². The highest BCUT2D eigenvalue weighted by atomic mass is 32.2. The van der Waals surface area contributed by atoms with Gasteiger partial charge in [0, 0.05) is 36.7 Å². The van der Waals surface area contributed by atoms with Gasteiger partial charge in [0.15, 0.2) is 0 Å². The van der Waals surface area contributed by atoms with E-state index in [4.69, 9.17) is 4.42 Å². The fourth-order valence-corrected chi connectivity index (χ4v) is 4.11. The van der Waals surface area contributed by atoms with Crippen LogP contribution in [-0.4, -0.2) is 48.7 Å². The van der Waals surface area contributed by atoms with Crippen LogP contribution in [0.3, 0.4) is 0 Å². The van der Waals surface area contributed by atoms with E-state index >= 15 is 0 Å². The average Bonchev–Trinajstić information content (AvgIpc) is 3.17. The maximum atomic E-state index is 12.1. The van der Waals surface area contributed by atoms with E-state index in [1.54, 1.807) is 23.9 Å². The van der Waals surface area contributed by atoms with Crippen molar-refractivity contribution in [2.24, 2.45) is 0 Å². The molecular formula is C19H20N4O4S2. The van der Waals surface area contributed by atoms with E-state index in [2.05, 4.69) is 15.5 Å². The van der Waals surface area contributed by atoms with Gasteiger partial charge < -0.3 is 4.42 Å². The molecule has 3 rings (SSSR count). The summed E-state index contributed by atoms with van der Waals surface area (Å²) in [4.78, 5) is 13.3. The molecule has 1 heterocycles. The number of amides is 1. The van der Waals surface area contributed by atoms with E-state index in [0.29, 0.717) is 17.7 Å². The van der Waals surface area contributed by atoms with Crippen LogP contribution < -0.4 is 5.32 Å². The first-order chi connectivity index (χ1) is 13.9. The molecule has 0 bridgehead atoms. The zero-order valence-electron chi connectivity index (χ0n) is 15.9. The van der Waals surface area contributed by atoms with Gasteiger partial charge in [0.25, 0.3) is 0 Å². The smallest absolute Gasteiger partial charge is 0.322 e. The van der Waals surface area contributed by atoms with Crippen molar-refractivity contribution in [3.05, 3.63) is 54.6 Å². The second-order valence-corrected chi connectivity index (χ2v) is 9.50. The molecule has 1 N–H and O–H groups in total. The number of benzene rings is 2. The monoisotopic (exact) mass is 432 g/mol. The molecule has 0 unspecified atom stereocenters. The van der Waals surface area contributed by atoms with Crippen molar-refractivity contribution in [2.45, 2.75) is 16.2 Å². The minimum atomic E-state index is -3.51. The lowest BCUT2D eigenvalue weighted by Gasteiger charge is -2.11. The van der Waals surface area contributed by atoms with Crippen LogP contribution in [0, 0.1) is 0 Å². The Morgan fingerprint density at radius 2 is 1.76 bits per heavy atom. The van der Waals surface area contributed by atoms with E-state index in [0.717, 1.165) is 9.20 Å². The van der Waals surface area contributed by atoms with Crippen LogP contribution in [-0.2, 0) is 14.8 Å². The number of carbonyl (C=O) groups is 1. The van der Waals surface area contributed by atoms with E-state index in [9.17, 15) is 13.2 Å². The molecule has 0 spiro atoms. The van der Waals surface area contributed by atoms with Gasteiger partial charge in [-0.1, -0.05) is 23.3 Å². The highest BCUT2D eigenvalue weighted by Gasteiger charge is 2.18. The largest absolute Gasteiger partial charge is 0.403 e. The first-order valence-electron chi connectivity index (χ1n) is 8.70. The van der Waals surface area contributed by atoms with Gasteiger partial charge in [-0.2, -0.15) is 0 Å². The SMILES string of the molecule is CN(C)S(=O)(=O)c1ccc(-c2nnc(NC(=O)CCSc3ccccc3)o2)cc1. The summed E-state index contributed by atoms with van der Waals surface area (Å²) in [7, 11) is -0.574. The Bertz CT molecular complexity index is 1070. The van der Waals surface area contributed by atoms with Gasteiger partial charge in [-0.3, -0.25) is 10.1 Å². The minimum Gasteiger partial charge on any atom is -0.403 e. The van der Waals surface area contributed by atoms with Crippen LogP contribution >= 0.6 is 11.8 Å². The molecule has 29 heavy (non-hydrogen) atoms. The molecule has 0 aliphatic rings. The average molecular weight is 433 g/mol. The van der Waals surface area contributed by atoms with Gasteiger partial charge in [-0.05, 0) is 36.4 Å². The molecule has 0 saturated heterocycles. The number of rotatable bonds is 8. The summed E-state index contributed by atoms with van der Waals surface area (Å²) in [5.74, 6) is 0.586. The summed E-state index contributed by atoms with van der Waals surface area (Å²) in [5, 5.41) is 10.3. The van der Waals surface area contributed by atoms with E-state index in [-0.39, 0.29) is 22.7 Å². The van der Waals surface area contributed by atoms with Crippen molar-refractivity contribution in [3.63, 3.8) is 0 Å². The molecule has 2 aromatic carbocycles. The third kappa shape index (κ3) is 5.43. The molecule has 10 heteroatoms. The maximum Gasteiger partial charge on any atom is 0.322 e. The molecule has 0 aliphatic heterocycles. The molecule has 0 radical (unpaired) electrons. The Morgan fingerprint density at radius 1 is 1.07 bits per heavy atom. The highest BCUT2D eigenvalue weighted by molar-refractivity contribution is 7.99. The number of anilines is 1. The number of nitrogens with zero attached hydrogens (tertiary/aromatic N) is 3. The minimum absolute atomic E-state index is 0.000277. The Hall–Kier alpha value is -2.69. The highest BCUT2D eigenvalue weighted by Crippen LogP contribution is 2.23. The van der Waals surface area contributed by atoms with Gasteiger partial charge in [-0.25, -0.2) is 12.7 Å². The third-order valence-electron chi connectivity index (χ3n) is 3.89. The van der Waals surface area contributed by atoms with Crippen LogP contribution in [0.4, 0.5) is 6.01 Å². The molecule has 0 aliphatic carbocycles. The van der Waals surface area contributed by atoms with Gasteiger partial charge in [-0.15, -0.1) is 16.9 Å². The molecular weight excluding hydrogens is 412 g/mol. The topological polar surface area (TPSA) is 105 Å². The van der Waals surface area contributed by atoms with Gasteiger partial charge in [0.1, 0.15) is 0 Å². The lowest BCUT2D eigenvalue weighted by molar-refractivity contribution is -0.115. The number of sulfonamides is 1. The number of hydrogen-bond donors (Lipinski definition) is 1.